The van der Waals surface area contributed by atoms with Crippen LogP contribution in [0.4, 0.5) is 0 Å². The van der Waals surface area contributed by atoms with E-state index in [1.807, 2.05) is 0 Å². The van der Waals surface area contributed by atoms with E-state index in [0.29, 0.717) is 10.8 Å². The van der Waals surface area contributed by atoms with Crippen molar-refractivity contribution in [2.75, 3.05) is 0 Å². The third-order valence-corrected chi connectivity index (χ3v) is 2.21. The van der Waals surface area contributed by atoms with Crippen LogP contribution >= 0.6 is 0 Å². The Labute approximate surface area is 90.8 Å². The van der Waals surface area contributed by atoms with Crippen molar-refractivity contribution in [1.82, 2.24) is 0 Å². The molecule has 0 bridgehead atoms. The molecule has 0 aromatic rings. The lowest BCUT2D eigenvalue weighted by atomic mass is 9.84. The average molecular weight is 196 g/mol. The molecule has 14 heavy (non-hydrogen) atoms. The molecule has 0 amide bonds. The summed E-state index contributed by atoms with van der Waals surface area (Å²) in [6, 6.07) is 0. The van der Waals surface area contributed by atoms with E-state index in [2.05, 4.69) is 54.5 Å². The zero-order valence-electron chi connectivity index (χ0n) is 11.2. The third kappa shape index (κ3) is 8.34. The first-order valence-corrected chi connectivity index (χ1v) is 5.82. The van der Waals surface area contributed by atoms with Crippen LogP contribution in [0.5, 0.6) is 0 Å². The molecular formula is C14H28. The Morgan fingerprint density at radius 2 is 1.43 bits per heavy atom. The SMILES string of the molecule is CCC(=CCC(C)(C)C)CC(C)(C)C. The van der Waals surface area contributed by atoms with Gasteiger partial charge in [-0.15, -0.1) is 0 Å². The highest BCUT2D eigenvalue weighted by Crippen LogP contribution is 2.28. The van der Waals surface area contributed by atoms with Crippen LogP contribution in [-0.2, 0) is 0 Å². The van der Waals surface area contributed by atoms with Gasteiger partial charge in [0.15, 0.2) is 0 Å². The van der Waals surface area contributed by atoms with E-state index in [1.165, 1.54) is 19.3 Å². The smallest absolute Gasteiger partial charge is 0.0271 e. The second kappa shape index (κ2) is 5.00. The fraction of sp³-hybridized carbons (Fsp3) is 0.857. The van der Waals surface area contributed by atoms with E-state index in [0.717, 1.165) is 0 Å². The summed E-state index contributed by atoms with van der Waals surface area (Å²) in [6.45, 7) is 16.1. The largest absolute Gasteiger partial charge is 0.0848 e. The van der Waals surface area contributed by atoms with Crippen LogP contribution in [0.15, 0.2) is 11.6 Å². The molecule has 0 heteroatoms. The van der Waals surface area contributed by atoms with Crippen LogP contribution in [0, 0.1) is 10.8 Å². The molecule has 0 aromatic carbocycles. The van der Waals surface area contributed by atoms with Gasteiger partial charge in [-0.2, -0.15) is 0 Å². The molecule has 0 N–H and O–H groups in total. The molecule has 0 radical (unpaired) electrons. The van der Waals surface area contributed by atoms with E-state index in [4.69, 9.17) is 0 Å². The van der Waals surface area contributed by atoms with Crippen LogP contribution in [0.25, 0.3) is 0 Å². The first kappa shape index (κ1) is 13.7. The number of hydrogen-bond acceptors (Lipinski definition) is 0. The quantitative estimate of drug-likeness (QED) is 0.545. The molecule has 0 heterocycles. The second-order valence-electron chi connectivity index (χ2n) is 6.72. The Bertz CT molecular complexity index is 183. The van der Waals surface area contributed by atoms with Crippen molar-refractivity contribution in [3.8, 4) is 0 Å². The molecule has 0 atom stereocenters. The van der Waals surface area contributed by atoms with Gasteiger partial charge in [0.1, 0.15) is 0 Å². The fourth-order valence-electron chi connectivity index (χ4n) is 1.47. The number of hydrogen-bond donors (Lipinski definition) is 0. The minimum Gasteiger partial charge on any atom is -0.0848 e. The monoisotopic (exact) mass is 196 g/mol. The van der Waals surface area contributed by atoms with Gasteiger partial charge in [-0.3, -0.25) is 0 Å². The van der Waals surface area contributed by atoms with Gasteiger partial charge in [0.25, 0.3) is 0 Å². The molecule has 0 aromatic heterocycles. The minimum absolute atomic E-state index is 0.429. The van der Waals surface area contributed by atoms with Crippen molar-refractivity contribution in [3.05, 3.63) is 11.6 Å². The van der Waals surface area contributed by atoms with Gasteiger partial charge >= 0.3 is 0 Å². The zero-order chi connectivity index (χ0) is 11.4. The lowest BCUT2D eigenvalue weighted by Gasteiger charge is -2.22. The summed E-state index contributed by atoms with van der Waals surface area (Å²) in [4.78, 5) is 0. The molecule has 0 aliphatic rings. The van der Waals surface area contributed by atoms with Crippen LogP contribution < -0.4 is 0 Å². The highest BCUT2D eigenvalue weighted by molar-refractivity contribution is 5.04. The molecule has 0 nitrogen and oxygen atoms in total. The van der Waals surface area contributed by atoms with Gasteiger partial charge in [-0.1, -0.05) is 60.1 Å². The average Bonchev–Trinajstić information content (AvgIpc) is 1.94. The molecule has 0 aliphatic carbocycles. The fourth-order valence-corrected chi connectivity index (χ4v) is 1.47. The standard InChI is InChI=1S/C14H28/c1-8-12(11-14(5,6)7)9-10-13(2,3)4/h9H,8,10-11H2,1-7H3. The summed E-state index contributed by atoms with van der Waals surface area (Å²) in [5.41, 5.74) is 2.48. The maximum absolute atomic E-state index is 2.45. The maximum atomic E-state index is 2.45. The van der Waals surface area contributed by atoms with E-state index >= 15 is 0 Å². The highest BCUT2D eigenvalue weighted by atomic mass is 14.2. The first-order valence-electron chi connectivity index (χ1n) is 5.82. The molecule has 0 aliphatic heterocycles. The van der Waals surface area contributed by atoms with Gasteiger partial charge in [0.05, 0.1) is 0 Å². The van der Waals surface area contributed by atoms with Crippen molar-refractivity contribution in [3.63, 3.8) is 0 Å². The Balaban J connectivity index is 4.28. The topological polar surface area (TPSA) is 0 Å². The third-order valence-electron chi connectivity index (χ3n) is 2.21. The Hall–Kier alpha value is -0.260. The van der Waals surface area contributed by atoms with Gasteiger partial charge in [0, 0.05) is 0 Å². The Morgan fingerprint density at radius 1 is 0.929 bits per heavy atom. The van der Waals surface area contributed by atoms with Crippen LogP contribution in [-0.4, -0.2) is 0 Å². The van der Waals surface area contributed by atoms with Gasteiger partial charge in [0.2, 0.25) is 0 Å². The summed E-state index contributed by atoms with van der Waals surface area (Å²) in [7, 11) is 0. The summed E-state index contributed by atoms with van der Waals surface area (Å²) < 4.78 is 0. The predicted octanol–water partition coefficient (Wildman–Crippen LogP) is 5.20. The molecule has 0 saturated heterocycles. The van der Waals surface area contributed by atoms with Crippen molar-refractivity contribution in [2.24, 2.45) is 10.8 Å². The van der Waals surface area contributed by atoms with E-state index in [9.17, 15) is 0 Å². The highest BCUT2D eigenvalue weighted by Gasteiger charge is 2.13. The van der Waals surface area contributed by atoms with E-state index in [-0.39, 0.29) is 0 Å². The van der Waals surface area contributed by atoms with Crippen molar-refractivity contribution < 1.29 is 0 Å². The molecule has 0 saturated carbocycles. The van der Waals surface area contributed by atoms with Gasteiger partial charge in [-0.25, -0.2) is 0 Å². The Morgan fingerprint density at radius 3 is 1.71 bits per heavy atom. The second-order valence-corrected chi connectivity index (χ2v) is 6.72. The minimum atomic E-state index is 0.429. The molecule has 0 fully saturated rings. The molecule has 84 valence electrons. The van der Waals surface area contributed by atoms with E-state index in [1.54, 1.807) is 5.57 Å². The summed E-state index contributed by atoms with van der Waals surface area (Å²) in [5.74, 6) is 0. The van der Waals surface area contributed by atoms with Gasteiger partial charge < -0.3 is 0 Å². The number of allylic oxidation sites excluding steroid dienone is 2. The Kier molecular flexibility index (Phi) is 4.91. The summed E-state index contributed by atoms with van der Waals surface area (Å²) >= 11 is 0. The summed E-state index contributed by atoms with van der Waals surface area (Å²) in [5, 5.41) is 0. The summed E-state index contributed by atoms with van der Waals surface area (Å²) in [6.07, 6.45) is 6.09. The van der Waals surface area contributed by atoms with Crippen LogP contribution in [0.1, 0.15) is 67.7 Å². The van der Waals surface area contributed by atoms with Crippen LogP contribution in [0.3, 0.4) is 0 Å². The van der Waals surface area contributed by atoms with Crippen molar-refractivity contribution >= 4 is 0 Å². The van der Waals surface area contributed by atoms with Crippen LogP contribution in [0.2, 0.25) is 0 Å². The first-order chi connectivity index (χ1) is 6.14. The van der Waals surface area contributed by atoms with Crippen molar-refractivity contribution in [1.29, 1.82) is 0 Å². The predicted molar refractivity (Wildman–Crippen MR) is 66.5 cm³/mol. The lowest BCUT2D eigenvalue weighted by molar-refractivity contribution is 0.395. The zero-order valence-corrected chi connectivity index (χ0v) is 11.2. The number of rotatable bonds is 3. The lowest BCUT2D eigenvalue weighted by Crippen LogP contribution is -2.08. The molecule has 0 spiro atoms. The normalized spacial score (nSPS) is 14.6. The van der Waals surface area contributed by atoms with Gasteiger partial charge in [-0.05, 0) is 30.1 Å². The molecule has 0 unspecified atom stereocenters. The maximum Gasteiger partial charge on any atom is -0.0271 e. The van der Waals surface area contributed by atoms with Crippen molar-refractivity contribution in [2.45, 2.75) is 67.7 Å². The molecule has 0 rings (SSSR count). The molecular weight excluding hydrogens is 168 g/mol. The van der Waals surface area contributed by atoms with E-state index < -0.39 is 0 Å².